The summed E-state index contributed by atoms with van der Waals surface area (Å²) in [6.45, 7) is 1.94. The Morgan fingerprint density at radius 2 is 2.06 bits per heavy atom. The predicted octanol–water partition coefficient (Wildman–Crippen LogP) is 2.94. The van der Waals surface area contributed by atoms with Crippen LogP contribution in [0.2, 0.25) is 0 Å². The average molecular weight is 224 g/mol. The fourth-order valence-electron chi connectivity index (χ4n) is 1.76. The van der Waals surface area contributed by atoms with E-state index in [2.05, 4.69) is 11.1 Å². The molecule has 3 heteroatoms. The number of aryl methyl sites for hydroxylation is 1. The quantitative estimate of drug-likeness (QED) is 0.787. The van der Waals surface area contributed by atoms with Gasteiger partial charge in [-0.05, 0) is 31.2 Å². The molecule has 0 fully saturated rings. The molecular formula is C14H12N2O. The van der Waals surface area contributed by atoms with E-state index in [9.17, 15) is 0 Å². The number of methoxy groups -OCH3 is 1. The van der Waals surface area contributed by atoms with Crippen molar-refractivity contribution in [1.82, 2.24) is 4.98 Å². The van der Waals surface area contributed by atoms with Gasteiger partial charge in [0.1, 0.15) is 5.75 Å². The van der Waals surface area contributed by atoms with Gasteiger partial charge in [-0.15, -0.1) is 0 Å². The van der Waals surface area contributed by atoms with Gasteiger partial charge >= 0.3 is 0 Å². The highest BCUT2D eigenvalue weighted by atomic mass is 16.5. The molecule has 0 aliphatic rings. The monoisotopic (exact) mass is 224 g/mol. The van der Waals surface area contributed by atoms with Crippen LogP contribution in [0, 0.1) is 18.3 Å². The number of ether oxygens (including phenoxy) is 1. The largest absolute Gasteiger partial charge is 0.496 e. The highest BCUT2D eigenvalue weighted by Crippen LogP contribution is 2.31. The Balaban J connectivity index is 2.65. The molecule has 2 rings (SSSR count). The fraction of sp³-hybridized carbons (Fsp3) is 0.143. The van der Waals surface area contributed by atoms with Gasteiger partial charge in [-0.2, -0.15) is 5.26 Å². The summed E-state index contributed by atoms with van der Waals surface area (Å²) in [5, 5.41) is 8.94. The van der Waals surface area contributed by atoms with E-state index < -0.39 is 0 Å². The standard InChI is InChI=1S/C14H12N2O/c1-10-12(4-3-7-16-10)13-8-11(9-15)5-6-14(13)17-2/h3-8H,1-2H3. The van der Waals surface area contributed by atoms with Crippen molar-refractivity contribution in [3.8, 4) is 22.9 Å². The maximum atomic E-state index is 8.94. The van der Waals surface area contributed by atoms with Crippen molar-refractivity contribution in [2.24, 2.45) is 0 Å². The summed E-state index contributed by atoms with van der Waals surface area (Å²) in [6, 6.07) is 11.4. The molecule has 0 N–H and O–H groups in total. The molecule has 1 heterocycles. The lowest BCUT2D eigenvalue weighted by atomic mass is 10.0. The predicted molar refractivity (Wildman–Crippen MR) is 65.7 cm³/mol. The number of aromatic nitrogens is 1. The van der Waals surface area contributed by atoms with Crippen LogP contribution in [0.25, 0.3) is 11.1 Å². The van der Waals surface area contributed by atoms with E-state index in [1.54, 1.807) is 25.4 Å². The van der Waals surface area contributed by atoms with Gasteiger partial charge in [0.15, 0.2) is 0 Å². The molecule has 0 aliphatic heterocycles. The summed E-state index contributed by atoms with van der Waals surface area (Å²) in [5.74, 6) is 0.750. The highest BCUT2D eigenvalue weighted by Gasteiger charge is 2.09. The fourth-order valence-corrected chi connectivity index (χ4v) is 1.76. The van der Waals surface area contributed by atoms with Gasteiger partial charge < -0.3 is 4.74 Å². The molecule has 0 spiro atoms. The van der Waals surface area contributed by atoms with Crippen LogP contribution >= 0.6 is 0 Å². The highest BCUT2D eigenvalue weighted by molar-refractivity contribution is 5.73. The molecule has 0 amide bonds. The summed E-state index contributed by atoms with van der Waals surface area (Å²) in [6.07, 6.45) is 1.75. The lowest BCUT2D eigenvalue weighted by molar-refractivity contribution is 0.416. The molecule has 1 aromatic heterocycles. The van der Waals surface area contributed by atoms with Gasteiger partial charge in [0.05, 0.1) is 18.7 Å². The van der Waals surface area contributed by atoms with Crippen molar-refractivity contribution in [3.63, 3.8) is 0 Å². The zero-order valence-corrected chi connectivity index (χ0v) is 9.77. The number of benzene rings is 1. The third-order valence-electron chi connectivity index (χ3n) is 2.63. The second-order valence-electron chi connectivity index (χ2n) is 3.66. The van der Waals surface area contributed by atoms with E-state index in [-0.39, 0.29) is 0 Å². The minimum atomic E-state index is 0.615. The minimum Gasteiger partial charge on any atom is -0.496 e. The second kappa shape index (κ2) is 4.67. The lowest BCUT2D eigenvalue weighted by Crippen LogP contribution is -1.92. The van der Waals surface area contributed by atoms with E-state index in [4.69, 9.17) is 10.00 Å². The number of nitriles is 1. The molecule has 0 saturated heterocycles. The summed E-state index contributed by atoms with van der Waals surface area (Å²) in [7, 11) is 1.62. The molecule has 1 aromatic carbocycles. The van der Waals surface area contributed by atoms with E-state index in [0.717, 1.165) is 22.6 Å². The normalized spacial score (nSPS) is 9.71. The molecular weight excluding hydrogens is 212 g/mol. The minimum absolute atomic E-state index is 0.615. The van der Waals surface area contributed by atoms with E-state index >= 15 is 0 Å². The smallest absolute Gasteiger partial charge is 0.126 e. The van der Waals surface area contributed by atoms with Crippen LogP contribution < -0.4 is 4.74 Å². The molecule has 84 valence electrons. The van der Waals surface area contributed by atoms with Gasteiger partial charge in [0.2, 0.25) is 0 Å². The Morgan fingerprint density at radius 3 is 2.71 bits per heavy atom. The van der Waals surface area contributed by atoms with E-state index in [0.29, 0.717) is 5.56 Å². The van der Waals surface area contributed by atoms with Crippen LogP contribution in [-0.2, 0) is 0 Å². The number of nitrogens with zero attached hydrogens (tertiary/aromatic N) is 2. The molecule has 0 atom stereocenters. The molecule has 0 radical (unpaired) electrons. The van der Waals surface area contributed by atoms with Crippen molar-refractivity contribution in [2.75, 3.05) is 7.11 Å². The Kier molecular flexibility index (Phi) is 3.06. The molecule has 0 aliphatic carbocycles. The third kappa shape index (κ3) is 2.11. The zero-order chi connectivity index (χ0) is 12.3. The van der Waals surface area contributed by atoms with Gasteiger partial charge in [-0.3, -0.25) is 4.98 Å². The Labute approximate surface area is 100 Å². The summed E-state index contributed by atoms with van der Waals surface area (Å²) in [4.78, 5) is 4.25. The van der Waals surface area contributed by atoms with E-state index in [1.165, 1.54) is 0 Å². The Hall–Kier alpha value is -2.34. The van der Waals surface area contributed by atoms with Gasteiger partial charge in [0.25, 0.3) is 0 Å². The molecule has 17 heavy (non-hydrogen) atoms. The molecule has 0 saturated carbocycles. The van der Waals surface area contributed by atoms with Crippen LogP contribution in [0.4, 0.5) is 0 Å². The molecule has 3 nitrogen and oxygen atoms in total. The first-order chi connectivity index (χ1) is 8.26. The number of hydrogen-bond donors (Lipinski definition) is 0. The topological polar surface area (TPSA) is 45.9 Å². The molecule has 0 unspecified atom stereocenters. The first-order valence-electron chi connectivity index (χ1n) is 5.26. The SMILES string of the molecule is COc1ccc(C#N)cc1-c1cccnc1C. The molecule has 0 bridgehead atoms. The first kappa shape index (κ1) is 11.2. The summed E-state index contributed by atoms with van der Waals surface area (Å²) in [5.41, 5.74) is 3.42. The number of rotatable bonds is 2. The summed E-state index contributed by atoms with van der Waals surface area (Å²) >= 11 is 0. The van der Waals surface area contributed by atoms with Crippen molar-refractivity contribution in [3.05, 3.63) is 47.8 Å². The van der Waals surface area contributed by atoms with Crippen molar-refractivity contribution in [2.45, 2.75) is 6.92 Å². The van der Waals surface area contributed by atoms with Crippen LogP contribution in [-0.4, -0.2) is 12.1 Å². The average Bonchev–Trinajstić information content (AvgIpc) is 2.38. The zero-order valence-electron chi connectivity index (χ0n) is 9.77. The maximum absolute atomic E-state index is 8.94. The maximum Gasteiger partial charge on any atom is 0.126 e. The van der Waals surface area contributed by atoms with Gasteiger partial charge in [-0.1, -0.05) is 6.07 Å². The van der Waals surface area contributed by atoms with Crippen molar-refractivity contribution < 1.29 is 4.74 Å². The van der Waals surface area contributed by atoms with Crippen molar-refractivity contribution in [1.29, 1.82) is 5.26 Å². The van der Waals surface area contributed by atoms with Gasteiger partial charge in [0, 0.05) is 23.0 Å². The lowest BCUT2D eigenvalue weighted by Gasteiger charge is -2.10. The third-order valence-corrected chi connectivity index (χ3v) is 2.63. The Morgan fingerprint density at radius 1 is 1.24 bits per heavy atom. The van der Waals surface area contributed by atoms with Crippen molar-refractivity contribution >= 4 is 0 Å². The first-order valence-corrected chi connectivity index (χ1v) is 5.26. The second-order valence-corrected chi connectivity index (χ2v) is 3.66. The van der Waals surface area contributed by atoms with Crippen LogP contribution in [0.5, 0.6) is 5.75 Å². The summed E-state index contributed by atoms with van der Waals surface area (Å²) < 4.78 is 5.32. The number of hydrogen-bond acceptors (Lipinski definition) is 3. The van der Waals surface area contributed by atoms with E-state index in [1.807, 2.05) is 25.1 Å². The Bertz CT molecular complexity index is 585. The van der Waals surface area contributed by atoms with Crippen LogP contribution in [0.3, 0.4) is 0 Å². The molecule has 2 aromatic rings. The van der Waals surface area contributed by atoms with Crippen LogP contribution in [0.1, 0.15) is 11.3 Å². The number of pyridine rings is 1. The van der Waals surface area contributed by atoms with Crippen LogP contribution in [0.15, 0.2) is 36.5 Å². The van der Waals surface area contributed by atoms with Gasteiger partial charge in [-0.25, -0.2) is 0 Å².